The average Bonchev–Trinajstić information content (AvgIpc) is 3.16. The van der Waals surface area contributed by atoms with Crippen LogP contribution >= 0.6 is 0 Å². The summed E-state index contributed by atoms with van der Waals surface area (Å²) in [7, 11) is 0. The summed E-state index contributed by atoms with van der Waals surface area (Å²) in [5, 5.41) is 2.95. The van der Waals surface area contributed by atoms with Crippen LogP contribution in [-0.2, 0) is 17.8 Å². The van der Waals surface area contributed by atoms with Crippen molar-refractivity contribution in [1.82, 2.24) is 14.9 Å². The molecule has 1 heterocycles. The Morgan fingerprint density at radius 2 is 1.84 bits per heavy atom. The third kappa shape index (κ3) is 5.64. The van der Waals surface area contributed by atoms with E-state index < -0.39 is 0 Å². The van der Waals surface area contributed by atoms with Crippen molar-refractivity contribution in [2.75, 3.05) is 13.2 Å². The molecule has 1 N–H and O–H groups in total. The Labute approximate surface area is 188 Å². The summed E-state index contributed by atoms with van der Waals surface area (Å²) in [5.74, 6) is 1.69. The zero-order chi connectivity index (χ0) is 22.2. The number of imidazole rings is 1. The molecule has 32 heavy (non-hydrogen) atoms. The Morgan fingerprint density at radius 3 is 2.69 bits per heavy atom. The molecule has 4 rings (SSSR count). The number of rotatable bonds is 9. The van der Waals surface area contributed by atoms with Gasteiger partial charge >= 0.3 is 0 Å². The number of fused-ring (bicyclic) bond motifs is 1. The summed E-state index contributed by atoms with van der Waals surface area (Å²) in [6.07, 6.45) is 4.02. The molecule has 0 spiro atoms. The molecule has 0 unspecified atom stereocenters. The van der Waals surface area contributed by atoms with E-state index in [1.165, 1.54) is 5.56 Å². The number of aryl methyl sites for hydroxylation is 1. The highest BCUT2D eigenvalue weighted by molar-refractivity contribution is 5.91. The van der Waals surface area contributed by atoms with E-state index in [0.29, 0.717) is 26.1 Å². The van der Waals surface area contributed by atoms with Crippen LogP contribution in [0.25, 0.3) is 17.1 Å². The maximum absolute atomic E-state index is 12.2. The van der Waals surface area contributed by atoms with Gasteiger partial charge in [-0.3, -0.25) is 4.79 Å². The molecule has 0 bridgehead atoms. The normalized spacial score (nSPS) is 11.2. The van der Waals surface area contributed by atoms with Gasteiger partial charge in [0.2, 0.25) is 5.91 Å². The number of amides is 1. The molecule has 1 aromatic heterocycles. The molecule has 3 aromatic carbocycles. The lowest BCUT2D eigenvalue weighted by atomic mass is 10.2. The Morgan fingerprint density at radius 1 is 1.03 bits per heavy atom. The zero-order valence-electron chi connectivity index (χ0n) is 18.2. The first-order chi connectivity index (χ1) is 15.7. The van der Waals surface area contributed by atoms with Gasteiger partial charge in [-0.1, -0.05) is 54.6 Å². The average molecular weight is 426 g/mol. The highest BCUT2D eigenvalue weighted by atomic mass is 16.5. The van der Waals surface area contributed by atoms with E-state index in [1.807, 2.05) is 72.8 Å². The van der Waals surface area contributed by atoms with Crippen LogP contribution in [0.15, 0.2) is 84.9 Å². The summed E-state index contributed by atoms with van der Waals surface area (Å²) in [6.45, 7) is 3.80. The molecule has 0 aliphatic rings. The van der Waals surface area contributed by atoms with Crippen LogP contribution in [0.1, 0.15) is 17.0 Å². The van der Waals surface area contributed by atoms with Gasteiger partial charge < -0.3 is 14.6 Å². The van der Waals surface area contributed by atoms with E-state index in [9.17, 15) is 4.79 Å². The number of benzene rings is 3. The smallest absolute Gasteiger partial charge is 0.244 e. The van der Waals surface area contributed by atoms with E-state index >= 15 is 0 Å². The number of hydrogen-bond acceptors (Lipinski definition) is 3. The van der Waals surface area contributed by atoms with Gasteiger partial charge in [-0.25, -0.2) is 4.98 Å². The Bertz CT molecular complexity index is 1210. The Hall–Kier alpha value is -3.86. The second-order valence-electron chi connectivity index (χ2n) is 7.62. The fraction of sp³-hybridized carbons (Fsp3) is 0.185. The van der Waals surface area contributed by atoms with Crippen LogP contribution < -0.4 is 10.1 Å². The number of carbonyl (C=O) groups is 1. The van der Waals surface area contributed by atoms with Gasteiger partial charge in [-0.2, -0.15) is 0 Å². The third-order valence-corrected chi connectivity index (χ3v) is 5.18. The van der Waals surface area contributed by atoms with E-state index in [-0.39, 0.29) is 5.91 Å². The molecule has 1 amide bonds. The maximum atomic E-state index is 12.2. The topological polar surface area (TPSA) is 56.1 Å². The minimum Gasteiger partial charge on any atom is -0.492 e. The standard InChI is InChI=1S/C27H27N3O2/c1-21-8-7-11-23(20-21)32-19-18-30-25-13-6-5-12-24(25)29-26(30)16-17-28-27(31)15-14-22-9-3-2-4-10-22/h2-15,20H,16-19H2,1H3,(H,28,31)/b15-14+. The van der Waals surface area contributed by atoms with E-state index in [4.69, 9.17) is 9.72 Å². The van der Waals surface area contributed by atoms with Crippen molar-refractivity contribution < 1.29 is 9.53 Å². The predicted octanol–water partition coefficient (Wildman–Crippen LogP) is 4.80. The van der Waals surface area contributed by atoms with Crippen LogP contribution in [0, 0.1) is 6.92 Å². The van der Waals surface area contributed by atoms with Gasteiger partial charge in [0.15, 0.2) is 0 Å². The number of nitrogens with one attached hydrogen (secondary N) is 1. The number of ether oxygens (including phenoxy) is 1. The van der Waals surface area contributed by atoms with Crippen molar-refractivity contribution in [1.29, 1.82) is 0 Å². The maximum Gasteiger partial charge on any atom is 0.244 e. The molecule has 5 heteroatoms. The van der Waals surface area contributed by atoms with Crippen molar-refractivity contribution in [2.45, 2.75) is 19.9 Å². The van der Waals surface area contributed by atoms with Crippen molar-refractivity contribution in [3.8, 4) is 5.75 Å². The van der Waals surface area contributed by atoms with Gasteiger partial charge in [0.05, 0.1) is 17.6 Å². The van der Waals surface area contributed by atoms with E-state index in [0.717, 1.165) is 28.2 Å². The molecule has 0 fully saturated rings. The largest absolute Gasteiger partial charge is 0.492 e. The summed E-state index contributed by atoms with van der Waals surface area (Å²) in [6, 6.07) is 25.9. The van der Waals surface area contributed by atoms with Crippen LogP contribution in [0.2, 0.25) is 0 Å². The first-order valence-corrected chi connectivity index (χ1v) is 10.8. The van der Waals surface area contributed by atoms with Gasteiger partial charge in [0.25, 0.3) is 0 Å². The Kier molecular flexibility index (Phi) is 6.98. The summed E-state index contributed by atoms with van der Waals surface area (Å²) in [4.78, 5) is 17.0. The molecule has 0 saturated heterocycles. The molecule has 162 valence electrons. The molecule has 4 aromatic rings. The molecular weight excluding hydrogens is 398 g/mol. The minimum absolute atomic E-state index is 0.112. The van der Waals surface area contributed by atoms with Gasteiger partial charge in [0, 0.05) is 19.0 Å². The van der Waals surface area contributed by atoms with Gasteiger partial charge in [-0.05, 0) is 48.4 Å². The SMILES string of the molecule is Cc1cccc(OCCn2c(CCNC(=O)/C=C/c3ccccc3)nc3ccccc32)c1. The lowest BCUT2D eigenvalue weighted by molar-refractivity contribution is -0.116. The van der Waals surface area contributed by atoms with Crippen molar-refractivity contribution in [3.05, 3.63) is 102 Å². The molecule has 0 radical (unpaired) electrons. The predicted molar refractivity (Wildman–Crippen MR) is 129 cm³/mol. The highest BCUT2D eigenvalue weighted by Gasteiger charge is 2.11. The number of nitrogens with zero attached hydrogens (tertiary/aromatic N) is 2. The number of hydrogen-bond donors (Lipinski definition) is 1. The minimum atomic E-state index is -0.112. The lowest BCUT2D eigenvalue weighted by Crippen LogP contribution is -2.25. The van der Waals surface area contributed by atoms with Gasteiger partial charge in [0.1, 0.15) is 18.2 Å². The van der Waals surface area contributed by atoms with Crippen LogP contribution in [0.3, 0.4) is 0 Å². The van der Waals surface area contributed by atoms with E-state index in [1.54, 1.807) is 6.08 Å². The summed E-state index contributed by atoms with van der Waals surface area (Å²) in [5.41, 5.74) is 4.20. The summed E-state index contributed by atoms with van der Waals surface area (Å²) < 4.78 is 8.13. The quantitative estimate of drug-likeness (QED) is 0.392. The lowest BCUT2D eigenvalue weighted by Gasteiger charge is -2.11. The second-order valence-corrected chi connectivity index (χ2v) is 7.62. The molecule has 0 atom stereocenters. The molecular formula is C27H27N3O2. The Balaban J connectivity index is 1.37. The number of aromatic nitrogens is 2. The number of para-hydroxylation sites is 2. The van der Waals surface area contributed by atoms with Crippen LogP contribution in [0.5, 0.6) is 5.75 Å². The monoisotopic (exact) mass is 425 g/mol. The van der Waals surface area contributed by atoms with E-state index in [2.05, 4.69) is 28.9 Å². The molecule has 0 aliphatic carbocycles. The zero-order valence-corrected chi connectivity index (χ0v) is 18.2. The highest BCUT2D eigenvalue weighted by Crippen LogP contribution is 2.17. The van der Waals surface area contributed by atoms with Crippen LogP contribution in [0.4, 0.5) is 0 Å². The first-order valence-electron chi connectivity index (χ1n) is 10.8. The van der Waals surface area contributed by atoms with Gasteiger partial charge in [-0.15, -0.1) is 0 Å². The molecule has 0 aliphatic heterocycles. The second kappa shape index (κ2) is 10.4. The number of carbonyl (C=O) groups excluding carboxylic acids is 1. The van der Waals surface area contributed by atoms with Crippen molar-refractivity contribution >= 4 is 23.0 Å². The molecule has 0 saturated carbocycles. The van der Waals surface area contributed by atoms with Crippen molar-refractivity contribution in [3.63, 3.8) is 0 Å². The fourth-order valence-electron chi connectivity index (χ4n) is 3.62. The fourth-order valence-corrected chi connectivity index (χ4v) is 3.62. The van der Waals surface area contributed by atoms with Crippen LogP contribution in [-0.4, -0.2) is 28.6 Å². The van der Waals surface area contributed by atoms with Crippen molar-refractivity contribution in [2.24, 2.45) is 0 Å². The first kappa shape index (κ1) is 21.4. The third-order valence-electron chi connectivity index (χ3n) is 5.18. The molecule has 5 nitrogen and oxygen atoms in total. The summed E-state index contributed by atoms with van der Waals surface area (Å²) >= 11 is 0.